The minimum Gasteiger partial charge on any atom is -0.131 e. The third-order valence-electron chi connectivity index (χ3n) is 3.84. The van der Waals surface area contributed by atoms with Crippen LogP contribution in [0.15, 0.2) is 12.0 Å². The topological polar surface area (TPSA) is 0 Å². The Balaban J connectivity index is 2.42. The Morgan fingerprint density at radius 3 is 2.62 bits per heavy atom. The largest absolute Gasteiger partial charge is 0.131 e. The lowest BCUT2D eigenvalue weighted by Gasteiger charge is -2.28. The van der Waals surface area contributed by atoms with E-state index in [1.165, 1.54) is 44.9 Å². The van der Waals surface area contributed by atoms with Crippen LogP contribution in [0, 0.1) is 11.8 Å². The first-order valence-corrected chi connectivity index (χ1v) is 8.09. The van der Waals surface area contributed by atoms with Gasteiger partial charge in [-0.25, -0.2) is 0 Å². The first kappa shape index (κ1) is 14.4. The van der Waals surface area contributed by atoms with Crippen LogP contribution in [0.25, 0.3) is 0 Å². The average molecular weight is 261 g/mol. The molecule has 1 saturated carbocycles. The van der Waals surface area contributed by atoms with Crippen LogP contribution in [0.2, 0.25) is 0 Å². The Hall–Kier alpha value is 0.380. The van der Waals surface area contributed by atoms with Crippen molar-refractivity contribution in [1.29, 1.82) is 0 Å². The Labute approximate surface area is 110 Å². The Bertz CT molecular complexity index is 187. The first-order chi connectivity index (χ1) is 7.79. The molecule has 0 amide bonds. The van der Waals surface area contributed by atoms with Crippen LogP contribution < -0.4 is 0 Å². The van der Waals surface area contributed by atoms with Gasteiger partial charge in [0.25, 0.3) is 0 Å². The summed E-state index contributed by atoms with van der Waals surface area (Å²) in [6, 6.07) is 0. The van der Waals surface area contributed by atoms with E-state index < -0.39 is 0 Å². The highest BCUT2D eigenvalue weighted by molar-refractivity contribution is 8.02. The molecule has 0 spiro atoms. The highest BCUT2D eigenvalue weighted by atomic mass is 35.5. The van der Waals surface area contributed by atoms with E-state index >= 15 is 0 Å². The van der Waals surface area contributed by atoms with Crippen molar-refractivity contribution in [3.8, 4) is 0 Å². The molecule has 0 N–H and O–H groups in total. The van der Waals surface area contributed by atoms with Crippen LogP contribution in [0.4, 0.5) is 0 Å². The van der Waals surface area contributed by atoms with Gasteiger partial charge in [0.05, 0.1) is 0 Å². The number of unbranched alkanes of at least 4 members (excludes halogenated alkanes) is 1. The summed E-state index contributed by atoms with van der Waals surface area (Å²) in [5, 5.41) is 2.74. The first-order valence-electron chi connectivity index (χ1n) is 6.62. The molecule has 0 saturated heterocycles. The summed E-state index contributed by atoms with van der Waals surface area (Å²) in [5.74, 6) is 2.67. The van der Waals surface area contributed by atoms with Gasteiger partial charge in [0.2, 0.25) is 0 Å². The minimum absolute atomic E-state index is 0.732. The van der Waals surface area contributed by atoms with E-state index in [0.29, 0.717) is 0 Å². The summed E-state index contributed by atoms with van der Waals surface area (Å²) < 4.78 is 0. The molecule has 0 radical (unpaired) electrons. The Morgan fingerprint density at radius 1 is 1.38 bits per heavy atom. The van der Waals surface area contributed by atoms with Gasteiger partial charge in [-0.2, -0.15) is 0 Å². The van der Waals surface area contributed by atoms with Crippen molar-refractivity contribution in [3.05, 3.63) is 12.0 Å². The van der Waals surface area contributed by atoms with Gasteiger partial charge in [-0.15, -0.1) is 23.4 Å². The normalized spacial score (nSPS) is 20.9. The number of hydrogen-bond acceptors (Lipinski definition) is 1. The zero-order chi connectivity index (χ0) is 11.8. The summed E-state index contributed by atoms with van der Waals surface area (Å²) >= 11 is 7.68. The minimum atomic E-state index is 0.732. The number of rotatable bonds is 8. The molecule has 1 fully saturated rings. The molecule has 0 heterocycles. The standard InChI is InChI=1S/C14H25ClS/c1-3-16-12(2)14(10-6-7-11-15)13-8-4-5-9-13/h3,12-14H,1,4-11H2,2H3. The molecule has 2 unspecified atom stereocenters. The SMILES string of the molecule is C=CSC(C)C(CCCCCl)C1CCCC1. The fourth-order valence-electron chi connectivity index (χ4n) is 2.97. The fraction of sp³-hybridized carbons (Fsp3) is 0.857. The molecule has 0 bridgehead atoms. The van der Waals surface area contributed by atoms with E-state index in [1.54, 1.807) is 0 Å². The molecule has 0 aromatic heterocycles. The van der Waals surface area contributed by atoms with Gasteiger partial charge in [-0.1, -0.05) is 45.6 Å². The van der Waals surface area contributed by atoms with Crippen molar-refractivity contribution in [1.82, 2.24) is 0 Å². The maximum Gasteiger partial charge on any atom is 0.0223 e. The lowest BCUT2D eigenvalue weighted by Crippen LogP contribution is -2.21. The molecule has 0 aliphatic heterocycles. The third-order valence-corrected chi connectivity index (χ3v) is 5.08. The van der Waals surface area contributed by atoms with Crippen molar-refractivity contribution in [2.45, 2.75) is 57.1 Å². The Morgan fingerprint density at radius 2 is 2.06 bits per heavy atom. The van der Waals surface area contributed by atoms with Crippen LogP contribution in [-0.2, 0) is 0 Å². The second kappa shape index (κ2) is 8.47. The molecule has 2 atom stereocenters. The molecule has 94 valence electrons. The second-order valence-corrected chi connectivity index (χ2v) is 6.63. The lowest BCUT2D eigenvalue weighted by molar-refractivity contribution is 0.310. The van der Waals surface area contributed by atoms with Gasteiger partial charge in [-0.05, 0) is 30.1 Å². The van der Waals surface area contributed by atoms with Gasteiger partial charge in [0.1, 0.15) is 0 Å². The fourth-order valence-corrected chi connectivity index (χ4v) is 4.02. The zero-order valence-corrected chi connectivity index (χ0v) is 12.0. The maximum absolute atomic E-state index is 5.76. The van der Waals surface area contributed by atoms with Crippen LogP contribution >= 0.6 is 23.4 Å². The van der Waals surface area contributed by atoms with Gasteiger partial charge in [0, 0.05) is 11.1 Å². The van der Waals surface area contributed by atoms with Gasteiger partial charge in [0.15, 0.2) is 0 Å². The number of thioether (sulfide) groups is 1. The van der Waals surface area contributed by atoms with Crippen molar-refractivity contribution in [2.24, 2.45) is 11.8 Å². The van der Waals surface area contributed by atoms with E-state index in [2.05, 4.69) is 13.5 Å². The van der Waals surface area contributed by atoms with E-state index in [0.717, 1.165) is 23.0 Å². The smallest absolute Gasteiger partial charge is 0.0223 e. The van der Waals surface area contributed by atoms with Crippen LogP contribution in [0.1, 0.15) is 51.9 Å². The van der Waals surface area contributed by atoms with E-state index in [4.69, 9.17) is 11.6 Å². The molecule has 1 rings (SSSR count). The van der Waals surface area contributed by atoms with Crippen LogP contribution in [-0.4, -0.2) is 11.1 Å². The molecule has 0 aromatic carbocycles. The van der Waals surface area contributed by atoms with Crippen molar-refractivity contribution in [3.63, 3.8) is 0 Å². The molecular formula is C14H25ClS. The number of alkyl halides is 1. The maximum atomic E-state index is 5.76. The average Bonchev–Trinajstić information content (AvgIpc) is 2.78. The summed E-state index contributed by atoms with van der Waals surface area (Å²) in [5.41, 5.74) is 0. The monoisotopic (exact) mass is 260 g/mol. The third kappa shape index (κ3) is 4.71. The lowest BCUT2D eigenvalue weighted by atomic mass is 9.84. The summed E-state index contributed by atoms with van der Waals surface area (Å²) in [7, 11) is 0. The highest BCUT2D eigenvalue weighted by Crippen LogP contribution is 2.39. The predicted octanol–water partition coefficient (Wildman–Crippen LogP) is 5.47. The summed E-state index contributed by atoms with van der Waals surface area (Å²) in [4.78, 5) is 0. The van der Waals surface area contributed by atoms with Crippen molar-refractivity contribution in [2.75, 3.05) is 5.88 Å². The quantitative estimate of drug-likeness (QED) is 0.412. The molecular weight excluding hydrogens is 236 g/mol. The van der Waals surface area contributed by atoms with Gasteiger partial charge in [-0.3, -0.25) is 0 Å². The highest BCUT2D eigenvalue weighted by Gasteiger charge is 2.28. The van der Waals surface area contributed by atoms with Crippen molar-refractivity contribution >= 4 is 23.4 Å². The molecule has 0 aromatic rings. The molecule has 2 heteroatoms. The summed E-state index contributed by atoms with van der Waals surface area (Å²) in [6.07, 6.45) is 9.63. The van der Waals surface area contributed by atoms with E-state index in [-0.39, 0.29) is 0 Å². The number of halogens is 1. The molecule has 1 aliphatic carbocycles. The zero-order valence-electron chi connectivity index (χ0n) is 10.5. The van der Waals surface area contributed by atoms with E-state index in [9.17, 15) is 0 Å². The molecule has 16 heavy (non-hydrogen) atoms. The second-order valence-electron chi connectivity index (χ2n) is 4.90. The number of hydrogen-bond donors (Lipinski definition) is 0. The molecule has 0 nitrogen and oxygen atoms in total. The van der Waals surface area contributed by atoms with Gasteiger partial charge >= 0.3 is 0 Å². The van der Waals surface area contributed by atoms with Crippen molar-refractivity contribution < 1.29 is 0 Å². The van der Waals surface area contributed by atoms with Crippen LogP contribution in [0.5, 0.6) is 0 Å². The molecule has 1 aliphatic rings. The Kier molecular flexibility index (Phi) is 7.64. The summed E-state index contributed by atoms with van der Waals surface area (Å²) in [6.45, 7) is 6.22. The van der Waals surface area contributed by atoms with E-state index in [1.807, 2.05) is 17.2 Å². The van der Waals surface area contributed by atoms with Crippen LogP contribution in [0.3, 0.4) is 0 Å². The van der Waals surface area contributed by atoms with Gasteiger partial charge < -0.3 is 0 Å². The predicted molar refractivity (Wildman–Crippen MR) is 77.3 cm³/mol.